The molecule has 2 aromatic rings. The molecule has 0 N–H and O–H groups in total. The van der Waals surface area contributed by atoms with E-state index in [1.165, 1.54) is 28.6 Å². The average Bonchev–Trinajstić information content (AvgIpc) is 3.02. The number of ketones is 1. The van der Waals surface area contributed by atoms with E-state index < -0.39 is 0 Å². The molecule has 2 aromatic heterocycles. The molecule has 0 bridgehead atoms. The number of ether oxygens (including phenoxy) is 1. The van der Waals surface area contributed by atoms with E-state index >= 15 is 0 Å². The van der Waals surface area contributed by atoms with Gasteiger partial charge in [0.05, 0.1) is 23.8 Å². The maximum absolute atomic E-state index is 13.3. The molecule has 0 amide bonds. The van der Waals surface area contributed by atoms with E-state index in [2.05, 4.69) is 0 Å². The standard InChI is InChI=1S/C19H24N2O3S2/c1-24-11-10-21-18(23)16-12-6-2-4-8-14(12)25-17(16)20-19(21)26-15-9-5-3-7-13(15)22/h15H,2-11H2,1H3. The number of thiophene rings is 1. The van der Waals surface area contributed by atoms with Crippen molar-refractivity contribution in [2.75, 3.05) is 13.7 Å². The molecule has 0 aliphatic heterocycles. The van der Waals surface area contributed by atoms with Crippen LogP contribution < -0.4 is 5.56 Å². The highest BCUT2D eigenvalue weighted by molar-refractivity contribution is 8.00. The first-order valence-corrected chi connectivity index (χ1v) is 11.1. The third kappa shape index (κ3) is 3.37. The Morgan fingerprint density at radius 1 is 1.19 bits per heavy atom. The number of aromatic nitrogens is 2. The number of Topliss-reactive ketones (excluding diaryl/α,β-unsaturated/α-hetero) is 1. The van der Waals surface area contributed by atoms with Crippen LogP contribution in [0.2, 0.25) is 0 Å². The van der Waals surface area contributed by atoms with Crippen LogP contribution in [0.3, 0.4) is 0 Å². The Bertz CT molecular complexity index is 887. The van der Waals surface area contributed by atoms with Gasteiger partial charge in [0, 0.05) is 18.4 Å². The van der Waals surface area contributed by atoms with Crippen LogP contribution in [0.5, 0.6) is 0 Å². The van der Waals surface area contributed by atoms with Crippen LogP contribution in [0.1, 0.15) is 49.0 Å². The third-order valence-corrected chi connectivity index (χ3v) is 7.80. The zero-order chi connectivity index (χ0) is 18.1. The molecular weight excluding hydrogens is 368 g/mol. The lowest BCUT2D eigenvalue weighted by atomic mass is 9.97. The van der Waals surface area contributed by atoms with Crippen molar-refractivity contribution in [1.82, 2.24) is 9.55 Å². The molecule has 1 unspecified atom stereocenters. The second kappa shape index (κ2) is 7.82. The number of nitrogens with zero attached hydrogens (tertiary/aromatic N) is 2. The fourth-order valence-corrected chi connectivity index (χ4v) is 6.44. The number of carbonyl (C=O) groups excluding carboxylic acids is 1. The van der Waals surface area contributed by atoms with E-state index in [1.54, 1.807) is 23.0 Å². The second-order valence-electron chi connectivity index (χ2n) is 7.05. The highest BCUT2D eigenvalue weighted by Gasteiger charge is 2.27. The average molecular weight is 393 g/mol. The zero-order valence-electron chi connectivity index (χ0n) is 15.1. The number of aryl methyl sites for hydroxylation is 2. The maximum atomic E-state index is 13.3. The third-order valence-electron chi connectivity index (χ3n) is 5.31. The Hall–Kier alpha value is -1.18. The minimum atomic E-state index is -0.0727. The molecule has 0 saturated heterocycles. The molecular formula is C19H24N2O3S2. The molecule has 7 heteroatoms. The van der Waals surface area contributed by atoms with Gasteiger partial charge in [0.25, 0.3) is 5.56 Å². The first kappa shape index (κ1) is 18.2. The number of thioether (sulfide) groups is 1. The molecule has 0 radical (unpaired) electrons. The second-order valence-corrected chi connectivity index (χ2v) is 9.31. The van der Waals surface area contributed by atoms with Gasteiger partial charge in [0.1, 0.15) is 10.6 Å². The minimum Gasteiger partial charge on any atom is -0.383 e. The van der Waals surface area contributed by atoms with Gasteiger partial charge in [-0.15, -0.1) is 11.3 Å². The Morgan fingerprint density at radius 2 is 2.00 bits per heavy atom. The summed E-state index contributed by atoms with van der Waals surface area (Å²) in [5.74, 6) is 0.291. The summed E-state index contributed by atoms with van der Waals surface area (Å²) < 4.78 is 6.95. The SMILES string of the molecule is COCCn1c(SC2CCCCC2=O)nc2sc3c(c2c1=O)CCCC3. The number of hydrogen-bond donors (Lipinski definition) is 0. The summed E-state index contributed by atoms with van der Waals surface area (Å²) in [7, 11) is 1.64. The van der Waals surface area contributed by atoms with Gasteiger partial charge in [0.15, 0.2) is 5.16 Å². The van der Waals surface area contributed by atoms with Crippen molar-refractivity contribution in [2.45, 2.75) is 68.3 Å². The van der Waals surface area contributed by atoms with Crippen LogP contribution in [-0.4, -0.2) is 34.3 Å². The first-order chi connectivity index (χ1) is 12.7. The summed E-state index contributed by atoms with van der Waals surface area (Å²) in [6.07, 6.45) is 7.94. The largest absolute Gasteiger partial charge is 0.383 e. The van der Waals surface area contributed by atoms with Crippen LogP contribution in [0.4, 0.5) is 0 Å². The summed E-state index contributed by atoms with van der Waals surface area (Å²) in [5, 5.41) is 1.41. The number of fused-ring (bicyclic) bond motifs is 3. The minimum absolute atomic E-state index is 0.0391. The zero-order valence-corrected chi connectivity index (χ0v) is 16.7. The van der Waals surface area contributed by atoms with Crippen LogP contribution in [-0.2, 0) is 28.9 Å². The Labute approximate surface area is 161 Å². The van der Waals surface area contributed by atoms with Crippen molar-refractivity contribution in [3.05, 3.63) is 20.8 Å². The summed E-state index contributed by atoms with van der Waals surface area (Å²) in [5.41, 5.74) is 1.25. The highest BCUT2D eigenvalue weighted by Crippen LogP contribution is 2.36. The van der Waals surface area contributed by atoms with Gasteiger partial charge in [-0.3, -0.25) is 14.2 Å². The van der Waals surface area contributed by atoms with E-state index in [1.807, 2.05) is 0 Å². The monoisotopic (exact) mass is 392 g/mol. The predicted molar refractivity (Wildman–Crippen MR) is 106 cm³/mol. The topological polar surface area (TPSA) is 61.2 Å². The molecule has 1 atom stereocenters. The van der Waals surface area contributed by atoms with Crippen LogP contribution >= 0.6 is 23.1 Å². The van der Waals surface area contributed by atoms with Crippen molar-refractivity contribution in [3.8, 4) is 0 Å². The van der Waals surface area contributed by atoms with Crippen molar-refractivity contribution in [2.24, 2.45) is 0 Å². The maximum Gasteiger partial charge on any atom is 0.263 e. The molecule has 4 rings (SSSR count). The molecule has 0 aromatic carbocycles. The lowest BCUT2D eigenvalue weighted by Crippen LogP contribution is -2.28. The predicted octanol–water partition coefficient (Wildman–Crippen LogP) is 3.59. The molecule has 1 saturated carbocycles. The number of carbonyl (C=O) groups is 1. The smallest absolute Gasteiger partial charge is 0.263 e. The number of hydrogen-bond acceptors (Lipinski definition) is 6. The quantitative estimate of drug-likeness (QED) is 0.728. The molecule has 1 fully saturated rings. The summed E-state index contributed by atoms with van der Waals surface area (Å²) >= 11 is 3.15. The van der Waals surface area contributed by atoms with Gasteiger partial charge in [-0.2, -0.15) is 0 Å². The number of rotatable bonds is 5. The molecule has 140 valence electrons. The van der Waals surface area contributed by atoms with E-state index in [-0.39, 0.29) is 10.8 Å². The number of methoxy groups -OCH3 is 1. The Morgan fingerprint density at radius 3 is 2.81 bits per heavy atom. The van der Waals surface area contributed by atoms with E-state index in [0.29, 0.717) is 30.5 Å². The van der Waals surface area contributed by atoms with E-state index in [0.717, 1.165) is 48.7 Å². The lowest BCUT2D eigenvalue weighted by molar-refractivity contribution is -0.119. The van der Waals surface area contributed by atoms with Gasteiger partial charge in [-0.25, -0.2) is 4.98 Å². The molecule has 26 heavy (non-hydrogen) atoms. The van der Waals surface area contributed by atoms with Crippen molar-refractivity contribution in [3.63, 3.8) is 0 Å². The van der Waals surface area contributed by atoms with Gasteiger partial charge in [0.2, 0.25) is 0 Å². The highest BCUT2D eigenvalue weighted by atomic mass is 32.2. The van der Waals surface area contributed by atoms with E-state index in [4.69, 9.17) is 9.72 Å². The van der Waals surface area contributed by atoms with Gasteiger partial charge >= 0.3 is 0 Å². The van der Waals surface area contributed by atoms with E-state index in [9.17, 15) is 9.59 Å². The normalized spacial score (nSPS) is 20.5. The van der Waals surface area contributed by atoms with Crippen molar-refractivity contribution in [1.29, 1.82) is 0 Å². The van der Waals surface area contributed by atoms with Gasteiger partial charge in [-0.05, 0) is 44.1 Å². The van der Waals surface area contributed by atoms with Crippen molar-refractivity contribution >= 4 is 39.1 Å². The molecule has 0 spiro atoms. The van der Waals surface area contributed by atoms with Crippen LogP contribution in [0.15, 0.2) is 9.95 Å². The molecule has 2 aliphatic rings. The first-order valence-electron chi connectivity index (χ1n) is 9.42. The Balaban J connectivity index is 1.79. The Kier molecular flexibility index (Phi) is 5.47. The van der Waals surface area contributed by atoms with Gasteiger partial charge in [-0.1, -0.05) is 18.2 Å². The van der Waals surface area contributed by atoms with Crippen LogP contribution in [0, 0.1) is 0 Å². The molecule has 2 heterocycles. The fourth-order valence-electron chi connectivity index (χ4n) is 3.89. The lowest BCUT2D eigenvalue weighted by Gasteiger charge is -2.21. The molecule has 5 nitrogen and oxygen atoms in total. The summed E-state index contributed by atoms with van der Waals surface area (Å²) in [4.78, 5) is 32.6. The summed E-state index contributed by atoms with van der Waals surface area (Å²) in [6.45, 7) is 0.942. The fraction of sp³-hybridized carbons (Fsp3) is 0.632. The van der Waals surface area contributed by atoms with Crippen molar-refractivity contribution < 1.29 is 9.53 Å². The van der Waals surface area contributed by atoms with Crippen LogP contribution in [0.25, 0.3) is 10.2 Å². The molecule has 2 aliphatic carbocycles. The summed E-state index contributed by atoms with van der Waals surface area (Å²) in [6, 6.07) is 0. The van der Waals surface area contributed by atoms with Gasteiger partial charge < -0.3 is 4.74 Å².